The van der Waals surface area contributed by atoms with Crippen molar-refractivity contribution in [3.8, 4) is 0 Å². The molecule has 140 valence electrons. The van der Waals surface area contributed by atoms with E-state index in [1.807, 2.05) is 4.90 Å². The summed E-state index contributed by atoms with van der Waals surface area (Å²) in [5.74, 6) is -0.303. The molecule has 1 aromatic carbocycles. The minimum atomic E-state index is -3.19. The maximum atomic E-state index is 13.3. The molecule has 4 rings (SSSR count). The number of hydrogen-bond acceptors (Lipinski definition) is 6. The van der Waals surface area contributed by atoms with E-state index >= 15 is 0 Å². The van der Waals surface area contributed by atoms with Gasteiger partial charge >= 0.3 is 0 Å². The van der Waals surface area contributed by atoms with Crippen LogP contribution in [-0.2, 0) is 14.8 Å². The smallest absolute Gasteiger partial charge is 0.229 e. The summed E-state index contributed by atoms with van der Waals surface area (Å²) in [6.45, 7) is 2.75. The predicted octanol–water partition coefficient (Wildman–Crippen LogP) is 0.975. The van der Waals surface area contributed by atoms with E-state index in [4.69, 9.17) is 0 Å². The molecule has 3 heterocycles. The van der Waals surface area contributed by atoms with Crippen molar-refractivity contribution in [3.63, 3.8) is 0 Å². The third-order valence-electron chi connectivity index (χ3n) is 4.86. The SMILES string of the molecule is CS(=O)(=O)N1CCN(C(=O)C2CN(c3nc4ccc(F)cc4s3)C2)CC1. The number of hydrogen-bond donors (Lipinski definition) is 0. The molecule has 0 radical (unpaired) electrons. The van der Waals surface area contributed by atoms with Crippen molar-refractivity contribution in [1.29, 1.82) is 0 Å². The average Bonchev–Trinajstić information content (AvgIpc) is 2.95. The highest BCUT2D eigenvalue weighted by atomic mass is 32.2. The Morgan fingerprint density at radius 2 is 1.92 bits per heavy atom. The quantitative estimate of drug-likeness (QED) is 0.771. The molecule has 0 saturated carbocycles. The van der Waals surface area contributed by atoms with Crippen LogP contribution in [0, 0.1) is 11.7 Å². The first kappa shape index (κ1) is 17.6. The Kier molecular flexibility index (Phi) is 4.36. The molecular weight excluding hydrogens is 379 g/mol. The fourth-order valence-electron chi connectivity index (χ4n) is 3.31. The van der Waals surface area contributed by atoms with Gasteiger partial charge in [0.25, 0.3) is 0 Å². The normalized spacial score (nSPS) is 19.8. The number of piperazine rings is 1. The molecule has 10 heteroatoms. The van der Waals surface area contributed by atoms with Gasteiger partial charge in [0.05, 0.1) is 22.4 Å². The minimum Gasteiger partial charge on any atom is -0.346 e. The lowest BCUT2D eigenvalue weighted by Crippen LogP contribution is -2.58. The molecule has 0 bridgehead atoms. The van der Waals surface area contributed by atoms with Crippen LogP contribution in [-0.4, -0.2) is 74.0 Å². The number of carbonyl (C=O) groups excluding carboxylic acids is 1. The van der Waals surface area contributed by atoms with E-state index in [-0.39, 0.29) is 17.6 Å². The van der Waals surface area contributed by atoms with Crippen LogP contribution >= 0.6 is 11.3 Å². The van der Waals surface area contributed by atoms with E-state index < -0.39 is 10.0 Å². The summed E-state index contributed by atoms with van der Waals surface area (Å²) in [6.07, 6.45) is 1.19. The molecule has 7 nitrogen and oxygen atoms in total. The maximum Gasteiger partial charge on any atom is 0.229 e. The first-order chi connectivity index (χ1) is 12.3. The largest absolute Gasteiger partial charge is 0.346 e. The zero-order valence-electron chi connectivity index (χ0n) is 14.3. The van der Waals surface area contributed by atoms with Crippen molar-refractivity contribution in [1.82, 2.24) is 14.2 Å². The number of fused-ring (bicyclic) bond motifs is 1. The lowest BCUT2D eigenvalue weighted by molar-refractivity contribution is -0.137. The standard InChI is InChI=1S/C16H19FN4O3S2/c1-26(23,24)21-6-4-19(5-7-21)15(22)11-9-20(10-11)16-18-13-3-2-12(17)8-14(13)25-16/h2-3,8,11H,4-7,9-10H2,1H3. The Bertz CT molecular complexity index is 948. The van der Waals surface area contributed by atoms with Gasteiger partial charge in [-0.2, -0.15) is 4.31 Å². The number of thiazole rings is 1. The molecule has 0 unspecified atom stereocenters. The fraction of sp³-hybridized carbons (Fsp3) is 0.500. The van der Waals surface area contributed by atoms with Crippen LogP contribution in [0.1, 0.15) is 0 Å². The van der Waals surface area contributed by atoms with Crippen LogP contribution in [0.3, 0.4) is 0 Å². The van der Waals surface area contributed by atoms with Gasteiger partial charge in [0.15, 0.2) is 5.13 Å². The third-order valence-corrected chi connectivity index (χ3v) is 7.24. The van der Waals surface area contributed by atoms with E-state index in [1.165, 1.54) is 34.0 Å². The Balaban J connectivity index is 1.35. The van der Waals surface area contributed by atoms with Gasteiger partial charge in [-0.1, -0.05) is 11.3 Å². The number of halogens is 1. The molecule has 0 N–H and O–H groups in total. The minimum absolute atomic E-state index is 0.0709. The topological polar surface area (TPSA) is 73.8 Å². The first-order valence-corrected chi connectivity index (χ1v) is 11.0. The third kappa shape index (κ3) is 3.28. The monoisotopic (exact) mass is 398 g/mol. The number of benzene rings is 1. The Morgan fingerprint density at radius 3 is 2.58 bits per heavy atom. The number of anilines is 1. The first-order valence-electron chi connectivity index (χ1n) is 8.36. The molecule has 2 fully saturated rings. The molecular formula is C16H19FN4O3S2. The summed E-state index contributed by atoms with van der Waals surface area (Å²) < 4.78 is 38.6. The summed E-state index contributed by atoms with van der Waals surface area (Å²) >= 11 is 1.42. The molecule has 0 aliphatic carbocycles. The highest BCUT2D eigenvalue weighted by Crippen LogP contribution is 2.33. The number of nitrogens with zero attached hydrogens (tertiary/aromatic N) is 4. The second kappa shape index (κ2) is 6.43. The number of sulfonamides is 1. The van der Waals surface area contributed by atoms with Gasteiger partial charge in [0.2, 0.25) is 15.9 Å². The van der Waals surface area contributed by atoms with E-state index in [1.54, 1.807) is 11.0 Å². The summed E-state index contributed by atoms with van der Waals surface area (Å²) in [6, 6.07) is 4.53. The van der Waals surface area contributed by atoms with Gasteiger partial charge in [-0.05, 0) is 18.2 Å². The van der Waals surface area contributed by atoms with Crippen molar-refractivity contribution in [2.45, 2.75) is 0 Å². The number of carbonyl (C=O) groups is 1. The number of rotatable bonds is 3. The fourth-order valence-corrected chi connectivity index (χ4v) is 5.15. The molecule has 2 aromatic rings. The van der Waals surface area contributed by atoms with Gasteiger partial charge < -0.3 is 9.80 Å². The highest BCUT2D eigenvalue weighted by Gasteiger charge is 2.38. The van der Waals surface area contributed by atoms with E-state index in [0.717, 1.165) is 15.3 Å². The van der Waals surface area contributed by atoms with E-state index in [2.05, 4.69) is 4.98 Å². The highest BCUT2D eigenvalue weighted by molar-refractivity contribution is 7.88. The number of aromatic nitrogens is 1. The molecule has 1 amide bonds. The summed E-state index contributed by atoms with van der Waals surface area (Å²) in [5, 5.41) is 0.802. The van der Waals surface area contributed by atoms with Crippen LogP contribution < -0.4 is 4.90 Å². The lowest BCUT2D eigenvalue weighted by atomic mass is 9.99. The van der Waals surface area contributed by atoms with Gasteiger partial charge in [-0.25, -0.2) is 17.8 Å². The Morgan fingerprint density at radius 1 is 1.23 bits per heavy atom. The molecule has 0 spiro atoms. The van der Waals surface area contributed by atoms with Gasteiger partial charge in [0, 0.05) is 39.3 Å². The van der Waals surface area contributed by atoms with Crippen LogP contribution in [0.5, 0.6) is 0 Å². The van der Waals surface area contributed by atoms with E-state index in [9.17, 15) is 17.6 Å². The average molecular weight is 398 g/mol. The van der Waals surface area contributed by atoms with Crippen LogP contribution in [0.2, 0.25) is 0 Å². The zero-order chi connectivity index (χ0) is 18.5. The van der Waals surface area contributed by atoms with Crippen molar-refractivity contribution >= 4 is 42.6 Å². The van der Waals surface area contributed by atoms with Crippen LogP contribution in [0.15, 0.2) is 18.2 Å². The molecule has 2 saturated heterocycles. The van der Waals surface area contributed by atoms with Crippen molar-refractivity contribution in [2.75, 3.05) is 50.4 Å². The molecule has 26 heavy (non-hydrogen) atoms. The summed E-state index contributed by atoms with van der Waals surface area (Å²) in [4.78, 5) is 20.9. The zero-order valence-corrected chi connectivity index (χ0v) is 15.9. The van der Waals surface area contributed by atoms with Gasteiger partial charge in [-0.15, -0.1) is 0 Å². The summed E-state index contributed by atoms with van der Waals surface area (Å²) in [7, 11) is -3.19. The van der Waals surface area contributed by atoms with Crippen molar-refractivity contribution < 1.29 is 17.6 Å². The lowest BCUT2D eigenvalue weighted by Gasteiger charge is -2.42. The van der Waals surface area contributed by atoms with Gasteiger partial charge in [0.1, 0.15) is 5.82 Å². The van der Waals surface area contributed by atoms with Crippen molar-refractivity contribution in [2.24, 2.45) is 5.92 Å². The Hall–Kier alpha value is -1.78. The van der Waals surface area contributed by atoms with Crippen LogP contribution in [0.4, 0.5) is 9.52 Å². The second-order valence-electron chi connectivity index (χ2n) is 6.70. The number of amides is 1. The summed E-state index contributed by atoms with van der Waals surface area (Å²) in [5.41, 5.74) is 0.762. The molecule has 2 aliphatic rings. The van der Waals surface area contributed by atoms with E-state index in [0.29, 0.717) is 39.3 Å². The molecule has 2 aliphatic heterocycles. The van der Waals surface area contributed by atoms with Gasteiger partial charge in [-0.3, -0.25) is 4.79 Å². The second-order valence-corrected chi connectivity index (χ2v) is 9.69. The predicted molar refractivity (Wildman–Crippen MR) is 98.3 cm³/mol. The molecule has 0 atom stereocenters. The molecule has 1 aromatic heterocycles. The Labute approximate surface area is 155 Å². The maximum absolute atomic E-state index is 13.3. The van der Waals surface area contributed by atoms with Crippen LogP contribution in [0.25, 0.3) is 10.2 Å². The van der Waals surface area contributed by atoms with Crippen molar-refractivity contribution in [3.05, 3.63) is 24.0 Å².